The molecule has 9 aromatic heterocycles. The number of aromatic nitrogens is 13. The van der Waals surface area contributed by atoms with E-state index in [0.717, 1.165) is 108 Å². The summed E-state index contributed by atoms with van der Waals surface area (Å²) >= 11 is 9.05. The maximum atomic E-state index is 14.1. The number of hydrogen-bond donors (Lipinski definition) is 8. The normalized spacial score (nSPS) is 16.3. The van der Waals surface area contributed by atoms with Gasteiger partial charge in [0, 0.05) is 140 Å². The third-order valence-corrected chi connectivity index (χ3v) is 21.0. The summed E-state index contributed by atoms with van der Waals surface area (Å²) in [6.07, 6.45) is 4.17. The fourth-order valence-corrected chi connectivity index (χ4v) is 15.0. The van der Waals surface area contributed by atoms with E-state index in [4.69, 9.17) is 5.26 Å². The van der Waals surface area contributed by atoms with Crippen molar-refractivity contribution in [2.75, 3.05) is 21.3 Å². The lowest BCUT2D eigenvalue weighted by Crippen LogP contribution is -2.44. The predicted molar refractivity (Wildman–Crippen MR) is 395 cm³/mol. The van der Waals surface area contributed by atoms with Crippen LogP contribution in [0.4, 0.5) is 55.1 Å². The SMILES string of the molecule is CC1Cc2[nH]nc(-c3cscn3)c2CN1C(=O)Nc1ccc(F)c(C#N)c1.CC1Cc2[nH]nc(-c3cscn3)c2CN1C(=O)Nc1ccnc(Br)c1F.Cc1cc(NC(=O)N2Cc3c(-c4cscn4)n[nH]c3CC2C)ccc1F.Cc1cccc(NC(=O)N2Cc3c(-c4cscn4)n[nH]c3CC2C)c1. The Bertz CT molecular complexity index is 5120. The lowest BCUT2D eigenvalue weighted by Gasteiger charge is -2.33. The van der Waals surface area contributed by atoms with Crippen molar-refractivity contribution in [2.45, 2.75) is 118 Å². The van der Waals surface area contributed by atoms with Crippen molar-refractivity contribution in [1.29, 1.82) is 5.26 Å². The Kier molecular flexibility index (Phi) is 21.5. The Morgan fingerprint density at radius 2 is 0.856 bits per heavy atom. The molecule has 0 saturated heterocycles. The number of H-pyrrole nitrogens is 4. The second kappa shape index (κ2) is 31.3. The number of carbonyl (C=O) groups excluding carboxylic acids is 4. The Morgan fingerprint density at radius 3 is 1.21 bits per heavy atom. The van der Waals surface area contributed by atoms with Crippen LogP contribution < -0.4 is 21.3 Å². The van der Waals surface area contributed by atoms with Gasteiger partial charge in [-0.15, -0.1) is 45.3 Å². The van der Waals surface area contributed by atoms with Crippen molar-refractivity contribution in [3.05, 3.63) is 200 Å². The van der Waals surface area contributed by atoms with Gasteiger partial charge in [0.1, 0.15) is 67.9 Å². The number of nitriles is 1. The highest BCUT2D eigenvalue weighted by molar-refractivity contribution is 9.10. The van der Waals surface area contributed by atoms with Crippen LogP contribution in [0.25, 0.3) is 45.6 Å². The van der Waals surface area contributed by atoms with Crippen molar-refractivity contribution >= 4 is 108 Å². The third-order valence-electron chi connectivity index (χ3n) is 18.1. The number of pyridine rings is 1. The van der Waals surface area contributed by atoms with Crippen molar-refractivity contribution in [1.82, 2.24) is 85.3 Å². The molecule has 532 valence electrons. The molecule has 4 atom stereocenters. The second-order valence-electron chi connectivity index (χ2n) is 25.2. The molecule has 4 aliphatic rings. The summed E-state index contributed by atoms with van der Waals surface area (Å²) < 4.78 is 41.1. The molecule has 0 saturated carbocycles. The number of nitrogens with zero attached hydrogens (tertiary/aromatic N) is 14. The molecular weight excluding hydrogens is 1480 g/mol. The van der Waals surface area contributed by atoms with Crippen LogP contribution in [0.2, 0.25) is 0 Å². The minimum absolute atomic E-state index is 0.0211. The number of anilines is 4. The number of thiazole rings is 4. The van der Waals surface area contributed by atoms with Crippen LogP contribution in [0, 0.1) is 42.6 Å². The zero-order valence-corrected chi connectivity index (χ0v) is 61.4. The van der Waals surface area contributed by atoms with Crippen LogP contribution in [-0.2, 0) is 51.9 Å². The topological polar surface area (TPSA) is 332 Å². The van der Waals surface area contributed by atoms with E-state index in [1.54, 1.807) is 73.2 Å². The zero-order valence-electron chi connectivity index (χ0n) is 56.6. The molecule has 12 aromatic rings. The minimum atomic E-state index is -0.613. The van der Waals surface area contributed by atoms with Crippen molar-refractivity contribution in [3.8, 4) is 51.6 Å². The van der Waals surface area contributed by atoms with Gasteiger partial charge < -0.3 is 40.9 Å². The van der Waals surface area contributed by atoms with Gasteiger partial charge in [-0.3, -0.25) is 20.4 Å². The predicted octanol–water partition coefficient (Wildman–Crippen LogP) is 15.1. The van der Waals surface area contributed by atoms with E-state index < -0.39 is 11.6 Å². The second-order valence-corrected chi connectivity index (χ2v) is 28.8. The molecule has 16 rings (SSSR count). The number of amides is 8. The quantitative estimate of drug-likeness (QED) is 0.0656. The van der Waals surface area contributed by atoms with E-state index in [9.17, 15) is 32.3 Å². The fourth-order valence-electron chi connectivity index (χ4n) is 12.6. The highest BCUT2D eigenvalue weighted by atomic mass is 79.9. The molecule has 8 N–H and O–H groups in total. The molecule has 0 fully saturated rings. The number of urea groups is 4. The van der Waals surface area contributed by atoms with Crippen molar-refractivity contribution in [2.24, 2.45) is 0 Å². The number of aryl methyl sites for hydroxylation is 2. The largest absolute Gasteiger partial charge is 0.322 e. The van der Waals surface area contributed by atoms with Gasteiger partial charge >= 0.3 is 24.1 Å². The van der Waals surface area contributed by atoms with Gasteiger partial charge in [-0.25, -0.2) is 57.3 Å². The van der Waals surface area contributed by atoms with Crippen LogP contribution in [0.1, 0.15) is 89.4 Å². The molecule has 26 nitrogen and oxygen atoms in total. The lowest BCUT2D eigenvalue weighted by molar-refractivity contribution is 0.181. The molecule has 34 heteroatoms. The fraction of sp³-hybridized carbons (Fsp3) is 0.257. The number of rotatable bonds is 8. The highest BCUT2D eigenvalue weighted by Crippen LogP contribution is 2.36. The number of hydrogen-bond acceptors (Lipinski definition) is 18. The summed E-state index contributed by atoms with van der Waals surface area (Å²) in [4.78, 5) is 79.2. The molecule has 0 radical (unpaired) electrons. The van der Waals surface area contributed by atoms with E-state index >= 15 is 0 Å². The number of aromatic amines is 4. The van der Waals surface area contributed by atoms with E-state index in [0.29, 0.717) is 62.4 Å². The molecular formula is C70H66BrF3N22O4S4. The standard InChI is InChI=1S/C18H15FN6OS.C18H18FN5OS.C18H19N5OS.C16H14BrFN6OS/c1-10-4-15-13(17(24-23-15)16-8-27-9-21-16)7-25(10)18(26)22-12-2-3-14(19)11(5-12)6-20;1-10-5-12(3-4-14(10)19)21-18(25)24-7-13-15(6-11(24)2)22-23-17(13)16-8-26-9-20-16;1-11-4-3-5-13(6-11)20-18(24)23-8-14-15(7-12(23)2)21-22-17(14)16-9-25-10-19-16;1-8-4-11-9(14(23-22-11)12-6-26-7-20-12)5-24(8)16(25)21-10-2-3-19-15(17)13(10)18/h2-3,5,8-10H,4,7H2,1H3,(H,22,26)(H,23,24);3-5,8-9,11H,6-7H2,1-2H3,(H,21,25)(H,22,23);3-6,9-10,12H,7-8H2,1-2H3,(H,20,24)(H,21,22);2-3,6-8H,4-5H2,1H3,(H,22,23)(H,19,21,25). The van der Waals surface area contributed by atoms with Crippen LogP contribution in [0.15, 0.2) is 121 Å². The average Bonchev–Trinajstić information content (AvgIpc) is 1.65. The summed E-state index contributed by atoms with van der Waals surface area (Å²) in [7, 11) is 0. The first-order valence-corrected chi connectivity index (χ1v) is 37.2. The van der Waals surface area contributed by atoms with Gasteiger partial charge in [0.2, 0.25) is 0 Å². The smallest absolute Gasteiger partial charge is 0.317 e. The Morgan fingerprint density at radius 1 is 0.490 bits per heavy atom. The Labute approximate surface area is 617 Å². The minimum Gasteiger partial charge on any atom is -0.317 e. The van der Waals surface area contributed by atoms with Crippen LogP contribution in [0.5, 0.6) is 0 Å². The van der Waals surface area contributed by atoms with Gasteiger partial charge in [0.25, 0.3) is 0 Å². The van der Waals surface area contributed by atoms with Crippen LogP contribution in [-0.4, -0.2) is 134 Å². The molecule has 13 heterocycles. The van der Waals surface area contributed by atoms with E-state index in [1.165, 1.54) is 70.5 Å². The number of nitrogens with one attached hydrogen (secondary N) is 8. The molecule has 3 aromatic carbocycles. The van der Waals surface area contributed by atoms with Gasteiger partial charge in [-0.2, -0.15) is 25.7 Å². The first kappa shape index (κ1) is 71.4. The number of carbonyl (C=O) groups is 4. The van der Waals surface area contributed by atoms with Gasteiger partial charge in [-0.05, 0) is 123 Å². The van der Waals surface area contributed by atoms with Gasteiger partial charge in [0.15, 0.2) is 5.82 Å². The number of fused-ring (bicyclic) bond motifs is 4. The molecule has 4 aliphatic heterocycles. The summed E-state index contributed by atoms with van der Waals surface area (Å²) in [5.74, 6) is -1.50. The van der Waals surface area contributed by atoms with E-state index in [1.807, 2.05) is 78.4 Å². The monoisotopic (exact) mass is 1540 g/mol. The lowest BCUT2D eigenvalue weighted by atomic mass is 9.99. The maximum Gasteiger partial charge on any atom is 0.322 e. The first-order chi connectivity index (χ1) is 50.2. The molecule has 8 amide bonds. The molecule has 4 unspecified atom stereocenters. The maximum absolute atomic E-state index is 14.1. The molecule has 0 bridgehead atoms. The molecule has 0 spiro atoms. The van der Waals surface area contributed by atoms with Crippen molar-refractivity contribution in [3.63, 3.8) is 0 Å². The van der Waals surface area contributed by atoms with E-state index in [-0.39, 0.29) is 70.0 Å². The third kappa shape index (κ3) is 15.7. The summed E-state index contributed by atoms with van der Waals surface area (Å²) in [6.45, 7) is 13.4. The molecule has 0 aliphatic carbocycles. The summed E-state index contributed by atoms with van der Waals surface area (Å²) in [5, 5.41) is 57.8. The van der Waals surface area contributed by atoms with Crippen molar-refractivity contribution < 1.29 is 32.3 Å². The summed E-state index contributed by atoms with van der Waals surface area (Å²) in [6, 6.07) is 18.6. The zero-order chi connectivity index (χ0) is 72.9. The van der Waals surface area contributed by atoms with Gasteiger partial charge in [-0.1, -0.05) is 12.1 Å². The Hall–Kier alpha value is -11.0. The van der Waals surface area contributed by atoms with Crippen LogP contribution in [0.3, 0.4) is 0 Å². The summed E-state index contributed by atoms with van der Waals surface area (Å²) in [5.41, 5.74) is 24.9. The molecule has 104 heavy (non-hydrogen) atoms. The van der Waals surface area contributed by atoms with Crippen LogP contribution >= 0.6 is 61.3 Å². The van der Waals surface area contributed by atoms with Gasteiger partial charge in [0.05, 0.1) is 59.5 Å². The highest BCUT2D eigenvalue weighted by Gasteiger charge is 2.36. The average molecular weight is 1540 g/mol. The Balaban J connectivity index is 0.000000123. The first-order valence-electron chi connectivity index (χ1n) is 32.7. The number of halogens is 4. The number of benzene rings is 3. The van der Waals surface area contributed by atoms with E-state index in [2.05, 4.69) is 110 Å².